The van der Waals surface area contributed by atoms with Crippen LogP contribution in [-0.2, 0) is 16.0 Å². The van der Waals surface area contributed by atoms with Gasteiger partial charge in [0.2, 0.25) is 11.8 Å². The van der Waals surface area contributed by atoms with Crippen molar-refractivity contribution in [1.82, 2.24) is 9.80 Å². The van der Waals surface area contributed by atoms with Crippen LogP contribution in [0.3, 0.4) is 0 Å². The van der Waals surface area contributed by atoms with Crippen LogP contribution in [0.15, 0.2) is 30.3 Å². The Balaban J connectivity index is 1.53. The van der Waals surface area contributed by atoms with Crippen molar-refractivity contribution in [3.63, 3.8) is 0 Å². The van der Waals surface area contributed by atoms with Gasteiger partial charge in [-0.05, 0) is 24.8 Å². The summed E-state index contributed by atoms with van der Waals surface area (Å²) in [7, 11) is 1.94. The van der Waals surface area contributed by atoms with E-state index < -0.39 is 0 Å². The van der Waals surface area contributed by atoms with Gasteiger partial charge >= 0.3 is 0 Å². The normalized spacial score (nSPS) is 22.0. The van der Waals surface area contributed by atoms with Crippen molar-refractivity contribution in [1.29, 1.82) is 0 Å². The van der Waals surface area contributed by atoms with Crippen LogP contribution in [0, 0.1) is 5.92 Å². The lowest BCUT2D eigenvalue weighted by atomic mass is 10.0. The van der Waals surface area contributed by atoms with E-state index in [9.17, 15) is 9.59 Å². The third-order valence-electron chi connectivity index (χ3n) is 5.80. The largest absolute Gasteiger partial charge is 0.342 e. The maximum Gasteiger partial charge on any atom is 0.227 e. The van der Waals surface area contributed by atoms with Gasteiger partial charge in [0.05, 0.1) is 5.92 Å². The van der Waals surface area contributed by atoms with E-state index in [-0.39, 0.29) is 17.7 Å². The van der Waals surface area contributed by atoms with Crippen LogP contribution in [0.2, 0.25) is 0 Å². The highest BCUT2D eigenvalue weighted by atomic mass is 16.2. The summed E-state index contributed by atoms with van der Waals surface area (Å²) in [6.07, 6.45) is 8.46. The van der Waals surface area contributed by atoms with Gasteiger partial charge in [0, 0.05) is 32.6 Å². The molecule has 136 valence electrons. The molecular weight excluding hydrogens is 312 g/mol. The molecule has 1 atom stereocenters. The quantitative estimate of drug-likeness (QED) is 0.771. The number of carbonyl (C=O) groups excluding carboxylic acids is 2. The molecule has 0 spiro atoms. The fourth-order valence-electron chi connectivity index (χ4n) is 4.18. The van der Waals surface area contributed by atoms with Crippen molar-refractivity contribution in [3.05, 3.63) is 35.9 Å². The molecule has 4 nitrogen and oxygen atoms in total. The number of hydrogen-bond donors (Lipinski definition) is 0. The minimum Gasteiger partial charge on any atom is -0.342 e. The Hall–Kier alpha value is -1.84. The first-order chi connectivity index (χ1) is 12.1. The molecule has 1 saturated heterocycles. The van der Waals surface area contributed by atoms with Crippen molar-refractivity contribution in [3.8, 4) is 0 Å². The molecule has 0 aromatic heterocycles. The summed E-state index contributed by atoms with van der Waals surface area (Å²) in [5, 5.41) is 0. The number of carbonyl (C=O) groups is 2. The van der Waals surface area contributed by atoms with Gasteiger partial charge < -0.3 is 9.80 Å². The van der Waals surface area contributed by atoms with Gasteiger partial charge in [-0.1, -0.05) is 56.0 Å². The molecule has 1 unspecified atom stereocenters. The van der Waals surface area contributed by atoms with Gasteiger partial charge in [-0.2, -0.15) is 0 Å². The van der Waals surface area contributed by atoms with Crippen molar-refractivity contribution in [2.75, 3.05) is 20.1 Å². The summed E-state index contributed by atoms with van der Waals surface area (Å²) in [6, 6.07) is 10.6. The first kappa shape index (κ1) is 18.0. The SMILES string of the molecule is CN(C(=O)C1CC(=O)N(CCc2ccccc2)C1)C1CCCCCC1. The van der Waals surface area contributed by atoms with Gasteiger partial charge in [-0.15, -0.1) is 0 Å². The fourth-order valence-corrected chi connectivity index (χ4v) is 4.18. The molecule has 0 radical (unpaired) electrons. The van der Waals surface area contributed by atoms with E-state index in [2.05, 4.69) is 12.1 Å². The Kier molecular flexibility index (Phi) is 6.11. The summed E-state index contributed by atoms with van der Waals surface area (Å²) in [6.45, 7) is 1.29. The van der Waals surface area contributed by atoms with Gasteiger partial charge in [-0.3, -0.25) is 9.59 Å². The molecule has 0 N–H and O–H groups in total. The van der Waals surface area contributed by atoms with Gasteiger partial charge in [0.25, 0.3) is 0 Å². The third kappa shape index (κ3) is 4.62. The predicted molar refractivity (Wildman–Crippen MR) is 99.1 cm³/mol. The third-order valence-corrected chi connectivity index (χ3v) is 5.80. The maximum absolute atomic E-state index is 12.9. The molecule has 2 aliphatic rings. The molecule has 1 aliphatic carbocycles. The van der Waals surface area contributed by atoms with Crippen LogP contribution in [-0.4, -0.2) is 47.8 Å². The van der Waals surface area contributed by atoms with E-state index in [0.29, 0.717) is 25.6 Å². The predicted octanol–water partition coefficient (Wildman–Crippen LogP) is 3.26. The Bertz CT molecular complexity index is 579. The number of hydrogen-bond acceptors (Lipinski definition) is 2. The topological polar surface area (TPSA) is 40.6 Å². The smallest absolute Gasteiger partial charge is 0.227 e. The number of rotatable bonds is 5. The van der Waals surface area contributed by atoms with Crippen LogP contribution in [0.4, 0.5) is 0 Å². The molecule has 1 aliphatic heterocycles. The van der Waals surface area contributed by atoms with Crippen LogP contribution < -0.4 is 0 Å². The first-order valence-corrected chi connectivity index (χ1v) is 9.73. The second-order valence-electron chi connectivity index (χ2n) is 7.57. The van der Waals surface area contributed by atoms with Gasteiger partial charge in [0.1, 0.15) is 0 Å². The van der Waals surface area contributed by atoms with E-state index in [1.807, 2.05) is 35.0 Å². The van der Waals surface area contributed by atoms with E-state index in [0.717, 1.165) is 19.3 Å². The maximum atomic E-state index is 12.9. The van der Waals surface area contributed by atoms with Crippen LogP contribution >= 0.6 is 0 Å². The Morgan fingerprint density at radius 1 is 1.12 bits per heavy atom. The zero-order valence-electron chi connectivity index (χ0n) is 15.3. The number of benzene rings is 1. The molecule has 25 heavy (non-hydrogen) atoms. The molecular formula is C21H30N2O2. The van der Waals surface area contributed by atoms with Crippen molar-refractivity contribution in [2.24, 2.45) is 5.92 Å². The highest BCUT2D eigenvalue weighted by Gasteiger charge is 2.36. The molecule has 1 aromatic rings. The van der Waals surface area contributed by atoms with Gasteiger partial charge in [0.15, 0.2) is 0 Å². The standard InChI is InChI=1S/C21H30N2O2/c1-22(19-11-7-2-3-8-12-19)21(25)18-15-20(24)23(16-18)14-13-17-9-5-4-6-10-17/h4-6,9-10,18-19H,2-3,7-8,11-16H2,1H3. The summed E-state index contributed by atoms with van der Waals surface area (Å²) in [5.74, 6) is 0.141. The van der Waals surface area contributed by atoms with Crippen LogP contribution in [0.25, 0.3) is 0 Å². The van der Waals surface area contributed by atoms with E-state index in [4.69, 9.17) is 0 Å². The van der Waals surface area contributed by atoms with Crippen LogP contribution in [0.1, 0.15) is 50.5 Å². The zero-order chi connectivity index (χ0) is 17.6. The Labute approximate surface area is 151 Å². The van der Waals surface area contributed by atoms with E-state index in [1.54, 1.807) is 0 Å². The summed E-state index contributed by atoms with van der Waals surface area (Å²) in [4.78, 5) is 29.0. The molecule has 3 rings (SSSR count). The zero-order valence-corrected chi connectivity index (χ0v) is 15.3. The molecule has 1 heterocycles. The number of likely N-dealkylation sites (tertiary alicyclic amines) is 1. The van der Waals surface area contributed by atoms with Crippen molar-refractivity contribution >= 4 is 11.8 Å². The highest BCUT2D eigenvalue weighted by Crippen LogP contribution is 2.25. The number of nitrogens with zero attached hydrogens (tertiary/aromatic N) is 2. The molecule has 4 heteroatoms. The minimum atomic E-state index is -0.156. The second-order valence-corrected chi connectivity index (χ2v) is 7.57. The summed E-state index contributed by atoms with van der Waals surface area (Å²) < 4.78 is 0. The Morgan fingerprint density at radius 2 is 1.80 bits per heavy atom. The second kappa shape index (κ2) is 8.50. The molecule has 1 aromatic carbocycles. The summed E-state index contributed by atoms with van der Waals surface area (Å²) in [5.41, 5.74) is 1.24. The first-order valence-electron chi connectivity index (χ1n) is 9.73. The lowest BCUT2D eigenvalue weighted by molar-refractivity contribution is -0.136. The minimum absolute atomic E-state index is 0.128. The van der Waals surface area contributed by atoms with E-state index in [1.165, 1.54) is 31.2 Å². The lowest BCUT2D eigenvalue weighted by Gasteiger charge is -2.29. The monoisotopic (exact) mass is 342 g/mol. The average molecular weight is 342 g/mol. The van der Waals surface area contributed by atoms with Crippen LogP contribution in [0.5, 0.6) is 0 Å². The fraction of sp³-hybridized carbons (Fsp3) is 0.619. The Morgan fingerprint density at radius 3 is 2.48 bits per heavy atom. The average Bonchev–Trinajstić information content (AvgIpc) is 2.84. The molecule has 1 saturated carbocycles. The summed E-state index contributed by atoms with van der Waals surface area (Å²) >= 11 is 0. The van der Waals surface area contributed by atoms with Crippen molar-refractivity contribution < 1.29 is 9.59 Å². The molecule has 0 bridgehead atoms. The van der Waals surface area contributed by atoms with Crippen molar-refractivity contribution in [2.45, 2.75) is 57.4 Å². The van der Waals surface area contributed by atoms with E-state index >= 15 is 0 Å². The highest BCUT2D eigenvalue weighted by molar-refractivity contribution is 5.89. The van der Waals surface area contributed by atoms with Gasteiger partial charge in [-0.25, -0.2) is 0 Å². The number of amides is 2. The lowest BCUT2D eigenvalue weighted by Crippen LogP contribution is -2.41. The molecule has 2 amide bonds. The molecule has 2 fully saturated rings.